The van der Waals surface area contributed by atoms with Crippen LogP contribution in [-0.4, -0.2) is 55.2 Å². The molecule has 1 amide bonds. The Morgan fingerprint density at radius 3 is 2.71 bits per heavy atom. The van der Waals surface area contributed by atoms with Gasteiger partial charge in [0.15, 0.2) is 11.5 Å². The molecule has 0 saturated carbocycles. The highest BCUT2D eigenvalue weighted by Crippen LogP contribution is 2.38. The highest BCUT2D eigenvalue weighted by atomic mass is 35.5. The van der Waals surface area contributed by atoms with Gasteiger partial charge >= 0.3 is 0 Å². The molecule has 146 valence electrons. The van der Waals surface area contributed by atoms with Gasteiger partial charge in [-0.3, -0.25) is 9.78 Å². The topological polar surface area (TPSA) is 56.1 Å². The molecule has 1 aromatic heterocycles. The number of carbonyl (C=O) groups excluding carboxylic acids is 1. The number of piperazine rings is 1. The maximum Gasteiger partial charge on any atom is 0.246 e. The third-order valence-electron chi connectivity index (χ3n) is 5.02. The van der Waals surface area contributed by atoms with Crippen molar-refractivity contribution >= 4 is 23.6 Å². The predicted octanol–water partition coefficient (Wildman–Crippen LogP) is 1.45. The van der Waals surface area contributed by atoms with Gasteiger partial charge in [0.05, 0.1) is 31.2 Å². The number of rotatable bonds is 4. The number of hydrogen-bond donors (Lipinski definition) is 1. The number of fused-ring (bicyclic) bond motifs is 1. The molecule has 28 heavy (non-hydrogen) atoms. The van der Waals surface area contributed by atoms with Crippen molar-refractivity contribution in [2.24, 2.45) is 0 Å². The number of ether oxygens (including phenoxy) is 2. The lowest BCUT2D eigenvalue weighted by Gasteiger charge is -2.31. The minimum Gasteiger partial charge on any atom is -0.486 e. The Balaban J connectivity index is 1.33. The fourth-order valence-electron chi connectivity index (χ4n) is 3.51. The Hall–Kier alpha value is -2.57. The largest absolute Gasteiger partial charge is 0.486 e. The van der Waals surface area contributed by atoms with Crippen molar-refractivity contribution in [2.75, 3.05) is 39.4 Å². The van der Waals surface area contributed by atoms with Crippen LogP contribution < -0.4 is 14.4 Å². The van der Waals surface area contributed by atoms with Crippen molar-refractivity contribution in [2.45, 2.75) is 6.54 Å². The molecule has 4 rings (SSSR count). The summed E-state index contributed by atoms with van der Waals surface area (Å²) in [6.45, 7) is 5.36. The Kier molecular flexibility index (Phi) is 5.78. The molecule has 1 fully saturated rings. The second-order valence-corrected chi connectivity index (χ2v) is 7.37. The first kappa shape index (κ1) is 18.8. The van der Waals surface area contributed by atoms with Crippen molar-refractivity contribution in [3.63, 3.8) is 0 Å². The average Bonchev–Trinajstić information content (AvgIpc) is 2.73. The number of pyridine rings is 1. The van der Waals surface area contributed by atoms with Crippen LogP contribution in [0.5, 0.6) is 11.5 Å². The van der Waals surface area contributed by atoms with Crippen molar-refractivity contribution < 1.29 is 19.2 Å². The Bertz CT molecular complexity index is 865. The lowest BCUT2D eigenvalue weighted by molar-refractivity contribution is -0.917. The van der Waals surface area contributed by atoms with Crippen LogP contribution >= 0.6 is 11.6 Å². The second kappa shape index (κ2) is 8.63. The van der Waals surface area contributed by atoms with Crippen LogP contribution in [0.25, 0.3) is 6.08 Å². The molecule has 0 unspecified atom stereocenters. The van der Waals surface area contributed by atoms with Gasteiger partial charge in [0, 0.05) is 24.0 Å². The molecule has 3 heterocycles. The molecule has 2 aliphatic heterocycles. The third-order valence-corrected chi connectivity index (χ3v) is 5.30. The van der Waals surface area contributed by atoms with E-state index in [1.807, 2.05) is 35.5 Å². The SMILES string of the molecule is O=C(/C=C/c1cc(Cl)c2c(c1)OCCO2)N1CC[NH+](Cc2ccncc2)CC1. The smallest absolute Gasteiger partial charge is 0.246 e. The Morgan fingerprint density at radius 1 is 1.18 bits per heavy atom. The van der Waals surface area contributed by atoms with Crippen molar-refractivity contribution in [1.29, 1.82) is 0 Å². The number of halogens is 1. The summed E-state index contributed by atoms with van der Waals surface area (Å²) < 4.78 is 11.1. The number of quaternary nitrogens is 1. The van der Waals surface area contributed by atoms with Gasteiger partial charge in [0.2, 0.25) is 5.91 Å². The summed E-state index contributed by atoms with van der Waals surface area (Å²) >= 11 is 6.25. The summed E-state index contributed by atoms with van der Waals surface area (Å²) in [6.07, 6.45) is 7.03. The van der Waals surface area contributed by atoms with Crippen molar-refractivity contribution in [3.05, 3.63) is 58.9 Å². The summed E-state index contributed by atoms with van der Waals surface area (Å²) in [5, 5.41) is 0.498. The standard InChI is InChI=1S/C21H22ClN3O3/c22-18-13-17(14-19-21(18)28-12-11-27-19)1-2-20(26)25-9-7-24(8-10-25)15-16-3-5-23-6-4-16/h1-6,13-14H,7-12,15H2/p+1/b2-1+. The van der Waals surface area contributed by atoms with E-state index in [1.165, 1.54) is 10.5 Å². The van der Waals surface area contributed by atoms with Gasteiger partial charge in [0.1, 0.15) is 19.8 Å². The van der Waals surface area contributed by atoms with E-state index in [9.17, 15) is 4.79 Å². The molecule has 2 aromatic rings. The highest BCUT2D eigenvalue weighted by Gasteiger charge is 2.22. The van der Waals surface area contributed by atoms with E-state index in [4.69, 9.17) is 21.1 Å². The van der Waals surface area contributed by atoms with Gasteiger partial charge < -0.3 is 19.3 Å². The van der Waals surface area contributed by atoms with E-state index in [2.05, 4.69) is 4.98 Å². The molecule has 1 aromatic carbocycles. The predicted molar refractivity (Wildman–Crippen MR) is 107 cm³/mol. The molecule has 1 saturated heterocycles. The number of carbonyl (C=O) groups is 1. The fourth-order valence-corrected chi connectivity index (χ4v) is 3.78. The van der Waals surface area contributed by atoms with E-state index in [1.54, 1.807) is 18.2 Å². The fraction of sp³-hybridized carbons (Fsp3) is 0.333. The first-order valence-electron chi connectivity index (χ1n) is 9.47. The molecule has 7 heteroatoms. The van der Waals surface area contributed by atoms with Gasteiger partial charge in [-0.25, -0.2) is 0 Å². The van der Waals surface area contributed by atoms with E-state index in [-0.39, 0.29) is 5.91 Å². The van der Waals surface area contributed by atoms with Crippen LogP contribution in [0.3, 0.4) is 0 Å². The number of aromatic nitrogens is 1. The molecule has 1 N–H and O–H groups in total. The third kappa shape index (κ3) is 4.46. The van der Waals surface area contributed by atoms with E-state index in [0.717, 1.165) is 38.3 Å². The minimum atomic E-state index is 0.0222. The molecule has 6 nitrogen and oxygen atoms in total. The zero-order chi connectivity index (χ0) is 19.3. The van der Waals surface area contributed by atoms with Crippen LogP contribution in [0.15, 0.2) is 42.7 Å². The first-order valence-corrected chi connectivity index (χ1v) is 9.85. The maximum atomic E-state index is 12.5. The normalized spacial score (nSPS) is 17.1. The molecule has 0 spiro atoms. The van der Waals surface area contributed by atoms with Crippen molar-refractivity contribution in [3.8, 4) is 11.5 Å². The zero-order valence-corrected chi connectivity index (χ0v) is 16.3. The Morgan fingerprint density at radius 2 is 1.93 bits per heavy atom. The van der Waals surface area contributed by atoms with Gasteiger partial charge in [-0.15, -0.1) is 0 Å². The number of nitrogens with zero attached hydrogens (tertiary/aromatic N) is 2. The Labute approximate surface area is 169 Å². The molecule has 0 atom stereocenters. The van der Waals surface area contributed by atoms with E-state index < -0.39 is 0 Å². The highest BCUT2D eigenvalue weighted by molar-refractivity contribution is 6.32. The molecule has 0 aliphatic carbocycles. The summed E-state index contributed by atoms with van der Waals surface area (Å²) in [4.78, 5) is 20.0. The maximum absolute atomic E-state index is 12.5. The number of benzene rings is 1. The second-order valence-electron chi connectivity index (χ2n) is 6.97. The van der Waals surface area contributed by atoms with E-state index >= 15 is 0 Å². The van der Waals surface area contributed by atoms with Crippen LogP contribution in [0, 0.1) is 0 Å². The summed E-state index contributed by atoms with van der Waals surface area (Å²) in [5.74, 6) is 1.22. The van der Waals surface area contributed by atoms with Gasteiger partial charge in [0.25, 0.3) is 0 Å². The van der Waals surface area contributed by atoms with Gasteiger partial charge in [-0.2, -0.15) is 0 Å². The quantitative estimate of drug-likeness (QED) is 0.789. The minimum absolute atomic E-state index is 0.0222. The lowest BCUT2D eigenvalue weighted by Crippen LogP contribution is -3.13. The van der Waals surface area contributed by atoms with Crippen molar-refractivity contribution in [1.82, 2.24) is 9.88 Å². The number of nitrogens with one attached hydrogen (secondary N) is 1. The molecular formula is C21H23ClN3O3+. The average molecular weight is 401 g/mol. The monoisotopic (exact) mass is 400 g/mol. The van der Waals surface area contributed by atoms with Crippen LogP contribution in [0.1, 0.15) is 11.1 Å². The summed E-state index contributed by atoms with van der Waals surface area (Å²) in [6, 6.07) is 7.73. The van der Waals surface area contributed by atoms with E-state index in [0.29, 0.717) is 29.7 Å². The summed E-state index contributed by atoms with van der Waals surface area (Å²) in [5.41, 5.74) is 2.10. The van der Waals surface area contributed by atoms with Crippen LogP contribution in [0.4, 0.5) is 0 Å². The van der Waals surface area contributed by atoms with Gasteiger partial charge in [-0.1, -0.05) is 11.6 Å². The summed E-state index contributed by atoms with van der Waals surface area (Å²) in [7, 11) is 0. The lowest BCUT2D eigenvalue weighted by atomic mass is 10.1. The first-order chi connectivity index (χ1) is 13.7. The van der Waals surface area contributed by atoms with Crippen LogP contribution in [-0.2, 0) is 11.3 Å². The molecule has 2 aliphatic rings. The van der Waals surface area contributed by atoms with Crippen LogP contribution in [0.2, 0.25) is 5.02 Å². The molecular weight excluding hydrogens is 378 g/mol. The number of amides is 1. The molecule has 0 radical (unpaired) electrons. The van der Waals surface area contributed by atoms with Gasteiger partial charge in [-0.05, 0) is 35.9 Å². The number of hydrogen-bond acceptors (Lipinski definition) is 4. The zero-order valence-electron chi connectivity index (χ0n) is 15.6. The molecule has 0 bridgehead atoms.